The van der Waals surface area contributed by atoms with E-state index >= 15 is 0 Å². The second-order valence-corrected chi connectivity index (χ2v) is 7.69. The van der Waals surface area contributed by atoms with Gasteiger partial charge in [-0.3, -0.25) is 14.0 Å². The average Bonchev–Trinajstić information content (AvgIpc) is 2.75. The van der Waals surface area contributed by atoms with E-state index in [1.807, 2.05) is 19.9 Å². The first-order valence-electron chi connectivity index (χ1n) is 9.64. The molecule has 0 atom stereocenters. The zero-order chi connectivity index (χ0) is 22.1. The molecule has 0 saturated heterocycles. The lowest BCUT2D eigenvalue weighted by Gasteiger charge is -2.23. The smallest absolute Gasteiger partial charge is 0.354 e. The van der Waals surface area contributed by atoms with Crippen molar-refractivity contribution in [2.45, 2.75) is 33.3 Å². The second kappa shape index (κ2) is 8.31. The molecule has 0 radical (unpaired) electrons. The number of pyridine rings is 1. The molecule has 31 heavy (non-hydrogen) atoms. The molecule has 0 bridgehead atoms. The molecule has 0 fully saturated rings. The zero-order valence-electron chi connectivity index (χ0n) is 17.0. The van der Waals surface area contributed by atoms with E-state index < -0.39 is 5.97 Å². The Morgan fingerprint density at radius 2 is 1.94 bits per heavy atom. The van der Waals surface area contributed by atoms with Crippen LogP contribution in [0.1, 0.15) is 29.7 Å². The van der Waals surface area contributed by atoms with Crippen LogP contribution in [0, 0.1) is 13.8 Å². The van der Waals surface area contributed by atoms with Gasteiger partial charge in [0.05, 0.1) is 11.4 Å². The molecule has 3 heterocycles. The Hall–Kier alpha value is -3.52. The zero-order valence-corrected chi connectivity index (χ0v) is 17.7. The van der Waals surface area contributed by atoms with Crippen LogP contribution < -0.4 is 10.6 Å². The number of aryl methyl sites for hydroxylation is 2. The normalized spacial score (nSPS) is 14.0. The van der Waals surface area contributed by atoms with Gasteiger partial charge in [0.2, 0.25) is 5.91 Å². The summed E-state index contributed by atoms with van der Waals surface area (Å²) < 4.78 is 6.75. The highest BCUT2D eigenvalue weighted by Crippen LogP contribution is 2.26. The third-order valence-electron chi connectivity index (χ3n) is 4.88. The van der Waals surface area contributed by atoms with Gasteiger partial charge in [0.1, 0.15) is 18.0 Å². The summed E-state index contributed by atoms with van der Waals surface area (Å²) >= 11 is 6.15. The number of nitrogens with zero attached hydrogens (tertiary/aromatic N) is 4. The van der Waals surface area contributed by atoms with Crippen LogP contribution in [0.3, 0.4) is 0 Å². The van der Waals surface area contributed by atoms with Crippen molar-refractivity contribution in [1.29, 1.82) is 0 Å². The van der Waals surface area contributed by atoms with Gasteiger partial charge in [0, 0.05) is 30.1 Å². The second-order valence-electron chi connectivity index (χ2n) is 7.28. The Morgan fingerprint density at radius 1 is 1.13 bits per heavy atom. The average molecular weight is 439 g/mol. The molecule has 1 aliphatic heterocycles. The van der Waals surface area contributed by atoms with E-state index in [2.05, 4.69) is 10.1 Å². The van der Waals surface area contributed by atoms with Crippen molar-refractivity contribution in [1.82, 2.24) is 9.38 Å². The van der Waals surface area contributed by atoms with Crippen molar-refractivity contribution < 1.29 is 14.3 Å². The highest BCUT2D eigenvalue weighted by Gasteiger charge is 2.27. The van der Waals surface area contributed by atoms with Gasteiger partial charge in [0.25, 0.3) is 5.56 Å². The van der Waals surface area contributed by atoms with Crippen molar-refractivity contribution in [2.24, 2.45) is 5.10 Å². The third kappa shape index (κ3) is 4.34. The Balaban J connectivity index is 1.52. The molecule has 4 rings (SSSR count). The quantitative estimate of drug-likeness (QED) is 0.583. The molecule has 0 spiro atoms. The van der Waals surface area contributed by atoms with Gasteiger partial charge in [0.15, 0.2) is 0 Å². The monoisotopic (exact) mass is 438 g/mol. The molecule has 0 N–H and O–H groups in total. The summed E-state index contributed by atoms with van der Waals surface area (Å²) in [6.07, 6.45) is 1.98. The minimum atomic E-state index is -0.665. The van der Waals surface area contributed by atoms with Gasteiger partial charge in [-0.05, 0) is 43.2 Å². The number of carbonyl (C=O) groups is 2. The molecule has 1 amide bonds. The van der Waals surface area contributed by atoms with Gasteiger partial charge >= 0.3 is 5.97 Å². The Morgan fingerprint density at radius 3 is 2.71 bits per heavy atom. The maximum absolute atomic E-state index is 12.5. The molecule has 0 unspecified atom stereocenters. The van der Waals surface area contributed by atoms with E-state index in [1.54, 1.807) is 30.5 Å². The number of hydrogen-bond acceptors (Lipinski definition) is 6. The number of hydrogen-bond donors (Lipinski definition) is 0. The van der Waals surface area contributed by atoms with Gasteiger partial charge in [-0.1, -0.05) is 23.7 Å². The topological polar surface area (TPSA) is 93.3 Å². The molecule has 3 aromatic rings. The Kier molecular flexibility index (Phi) is 5.56. The van der Waals surface area contributed by atoms with E-state index in [4.69, 9.17) is 16.3 Å². The fourth-order valence-corrected chi connectivity index (χ4v) is 3.35. The number of halogens is 1. The predicted molar refractivity (Wildman–Crippen MR) is 116 cm³/mol. The standard InChI is InChI=1S/C22H19ClN4O4/c1-13-3-7-19-24-15(9-21(29)26(19)11-13)12-31-22(30)18-6-8-20(28)27(25-18)16-5-4-14(2)17(23)10-16/h3-5,7,9-11H,6,8,12H2,1-2H3. The van der Waals surface area contributed by atoms with Crippen molar-refractivity contribution in [2.75, 3.05) is 5.01 Å². The minimum absolute atomic E-state index is 0.115. The largest absolute Gasteiger partial charge is 0.455 e. The van der Waals surface area contributed by atoms with Gasteiger partial charge in [-0.25, -0.2) is 14.8 Å². The molecule has 1 aliphatic rings. The van der Waals surface area contributed by atoms with E-state index in [0.717, 1.165) is 16.1 Å². The lowest BCUT2D eigenvalue weighted by Crippen LogP contribution is -2.35. The predicted octanol–water partition coefficient (Wildman–Crippen LogP) is 3.19. The first-order valence-corrected chi connectivity index (χ1v) is 10.0. The number of fused-ring (bicyclic) bond motifs is 1. The maximum atomic E-state index is 12.5. The molecule has 2 aromatic heterocycles. The van der Waals surface area contributed by atoms with Crippen molar-refractivity contribution in [3.05, 3.63) is 74.8 Å². The lowest BCUT2D eigenvalue weighted by molar-refractivity contribution is -0.137. The van der Waals surface area contributed by atoms with Crippen LogP contribution in [0.15, 0.2) is 52.5 Å². The molecule has 8 nitrogen and oxygen atoms in total. The maximum Gasteiger partial charge on any atom is 0.354 e. The number of carbonyl (C=O) groups excluding carboxylic acids is 2. The third-order valence-corrected chi connectivity index (χ3v) is 5.29. The van der Waals surface area contributed by atoms with Crippen LogP contribution >= 0.6 is 11.6 Å². The number of benzene rings is 1. The lowest BCUT2D eigenvalue weighted by atomic mass is 10.1. The summed E-state index contributed by atoms with van der Waals surface area (Å²) in [6, 6.07) is 10.0. The highest BCUT2D eigenvalue weighted by atomic mass is 35.5. The van der Waals surface area contributed by atoms with Gasteiger partial charge in [-0.15, -0.1) is 0 Å². The van der Waals surface area contributed by atoms with Crippen LogP contribution in [0.25, 0.3) is 5.65 Å². The van der Waals surface area contributed by atoms with Crippen molar-refractivity contribution >= 4 is 40.5 Å². The molecular formula is C22H19ClN4O4. The SMILES string of the molecule is Cc1ccc2nc(COC(=O)C3=NN(c4ccc(C)c(Cl)c4)C(=O)CC3)cc(=O)n2c1. The summed E-state index contributed by atoms with van der Waals surface area (Å²) in [5, 5.41) is 5.83. The van der Waals surface area contributed by atoms with Crippen LogP contribution in [-0.2, 0) is 20.9 Å². The summed E-state index contributed by atoms with van der Waals surface area (Å²) in [5.74, 6) is -0.905. The number of hydrazone groups is 1. The molecule has 1 aromatic carbocycles. The van der Waals surface area contributed by atoms with Crippen LogP contribution in [0.4, 0.5) is 5.69 Å². The first kappa shape index (κ1) is 20.7. The Labute approximate surface area is 182 Å². The van der Waals surface area contributed by atoms with E-state index in [9.17, 15) is 14.4 Å². The fraction of sp³-hybridized carbons (Fsp3) is 0.227. The van der Waals surface area contributed by atoms with E-state index in [1.165, 1.54) is 10.5 Å². The Bertz CT molecular complexity index is 1300. The number of esters is 1. The number of anilines is 1. The number of ether oxygens (including phenoxy) is 1. The van der Waals surface area contributed by atoms with Crippen molar-refractivity contribution in [3.8, 4) is 0 Å². The molecular weight excluding hydrogens is 420 g/mol. The van der Waals surface area contributed by atoms with Crippen LogP contribution in [-0.4, -0.2) is 27.0 Å². The van der Waals surface area contributed by atoms with Gasteiger partial charge < -0.3 is 4.74 Å². The highest BCUT2D eigenvalue weighted by molar-refractivity contribution is 6.38. The van der Waals surface area contributed by atoms with Crippen LogP contribution in [0.2, 0.25) is 5.02 Å². The molecule has 0 saturated carbocycles. The van der Waals surface area contributed by atoms with E-state index in [-0.39, 0.29) is 36.6 Å². The number of amides is 1. The first-order chi connectivity index (χ1) is 14.8. The fourth-order valence-electron chi connectivity index (χ4n) is 3.17. The minimum Gasteiger partial charge on any atom is -0.455 e. The molecule has 0 aliphatic carbocycles. The van der Waals surface area contributed by atoms with Gasteiger partial charge in [-0.2, -0.15) is 5.10 Å². The molecule has 158 valence electrons. The summed E-state index contributed by atoms with van der Waals surface area (Å²) in [5.41, 5.74) is 2.92. The summed E-state index contributed by atoms with van der Waals surface area (Å²) in [4.78, 5) is 41.5. The molecule has 9 heteroatoms. The summed E-state index contributed by atoms with van der Waals surface area (Å²) in [6.45, 7) is 3.55. The summed E-state index contributed by atoms with van der Waals surface area (Å²) in [7, 11) is 0. The van der Waals surface area contributed by atoms with Crippen LogP contribution in [0.5, 0.6) is 0 Å². The number of rotatable bonds is 4. The van der Waals surface area contributed by atoms with E-state index in [0.29, 0.717) is 22.1 Å². The van der Waals surface area contributed by atoms with Crippen molar-refractivity contribution in [3.63, 3.8) is 0 Å². The number of aromatic nitrogens is 2.